The molecule has 0 saturated heterocycles. The number of furan rings is 2. The highest BCUT2D eigenvalue weighted by atomic mass is 16.3. The molecule has 0 amide bonds. The Morgan fingerprint density at radius 1 is 0.529 bits per heavy atom. The Morgan fingerprint density at radius 3 is 1.91 bits per heavy atom. The van der Waals surface area contributed by atoms with Gasteiger partial charge in [0.15, 0.2) is 5.82 Å². The predicted molar refractivity (Wildman–Crippen MR) is 135 cm³/mol. The molecule has 7 rings (SSSR count). The number of rotatable bonds is 2. The molecule has 162 valence electrons. The van der Waals surface area contributed by atoms with E-state index in [9.17, 15) is 0 Å². The van der Waals surface area contributed by atoms with Crippen LogP contribution in [0.1, 0.15) is 11.6 Å². The minimum Gasteiger partial charge on any atom is -0.456 e. The van der Waals surface area contributed by atoms with Crippen molar-refractivity contribution in [2.45, 2.75) is 13.8 Å². The number of aromatic nitrogens is 3. The molecule has 0 unspecified atom stereocenters. The second kappa shape index (κ2) is 6.99. The third kappa shape index (κ3) is 2.77. The van der Waals surface area contributed by atoms with Gasteiger partial charge in [-0.1, -0.05) is 48.5 Å². The third-order valence-corrected chi connectivity index (χ3v) is 6.31. The van der Waals surface area contributed by atoms with Crippen molar-refractivity contribution in [1.29, 1.82) is 0 Å². The van der Waals surface area contributed by atoms with E-state index in [0.717, 1.165) is 60.6 Å². The van der Waals surface area contributed by atoms with Crippen LogP contribution in [-0.4, -0.2) is 15.0 Å². The minimum atomic E-state index is 0.659. The first-order valence-corrected chi connectivity index (χ1v) is 11.2. The van der Waals surface area contributed by atoms with Crippen molar-refractivity contribution < 1.29 is 8.83 Å². The van der Waals surface area contributed by atoms with Crippen molar-refractivity contribution in [2.75, 3.05) is 0 Å². The van der Waals surface area contributed by atoms with E-state index in [0.29, 0.717) is 17.5 Å². The maximum Gasteiger partial charge on any atom is 0.164 e. The van der Waals surface area contributed by atoms with Gasteiger partial charge in [-0.2, -0.15) is 0 Å². The standard InChI is InChI=1S/C29H19N3O2/c1-16-30-17(2)32-29(31-16)21-9-6-12-26-28(21)22-15-18(13-14-24(22)34-26)19-8-5-11-25-27(19)20-7-3-4-10-23(20)33-25/h3-15H,1-2H3. The number of benzene rings is 4. The van der Waals surface area contributed by atoms with Crippen molar-refractivity contribution in [1.82, 2.24) is 15.0 Å². The van der Waals surface area contributed by atoms with Gasteiger partial charge in [-0.15, -0.1) is 0 Å². The van der Waals surface area contributed by atoms with Gasteiger partial charge < -0.3 is 8.83 Å². The summed E-state index contributed by atoms with van der Waals surface area (Å²) in [6.07, 6.45) is 0. The SMILES string of the molecule is Cc1nc(C)nc(-c2cccc3oc4ccc(-c5cccc6oc7ccccc7c56)cc4c23)n1. The number of fused-ring (bicyclic) bond motifs is 6. The maximum atomic E-state index is 6.22. The maximum absolute atomic E-state index is 6.22. The quantitative estimate of drug-likeness (QED) is 0.276. The molecule has 0 spiro atoms. The Labute approximate surface area is 194 Å². The van der Waals surface area contributed by atoms with Crippen LogP contribution in [0, 0.1) is 13.8 Å². The highest BCUT2D eigenvalue weighted by Crippen LogP contribution is 2.40. The van der Waals surface area contributed by atoms with Gasteiger partial charge in [0.1, 0.15) is 34.0 Å². The molecule has 0 radical (unpaired) electrons. The van der Waals surface area contributed by atoms with Crippen molar-refractivity contribution in [3.63, 3.8) is 0 Å². The molecule has 5 heteroatoms. The average molecular weight is 441 g/mol. The first-order valence-electron chi connectivity index (χ1n) is 11.2. The molecule has 0 atom stereocenters. The summed E-state index contributed by atoms with van der Waals surface area (Å²) in [5, 5.41) is 4.27. The van der Waals surface area contributed by atoms with E-state index < -0.39 is 0 Å². The second-order valence-electron chi connectivity index (χ2n) is 8.52. The van der Waals surface area contributed by atoms with E-state index in [1.54, 1.807) is 0 Å². The Balaban J connectivity index is 1.53. The van der Waals surface area contributed by atoms with Gasteiger partial charge in [-0.3, -0.25) is 0 Å². The van der Waals surface area contributed by atoms with Crippen molar-refractivity contribution >= 4 is 43.9 Å². The Kier molecular flexibility index (Phi) is 3.91. The normalized spacial score (nSPS) is 11.8. The smallest absolute Gasteiger partial charge is 0.164 e. The molecular formula is C29H19N3O2. The number of nitrogens with zero attached hydrogens (tertiary/aromatic N) is 3. The topological polar surface area (TPSA) is 65.0 Å². The summed E-state index contributed by atoms with van der Waals surface area (Å²) in [4.78, 5) is 13.6. The number of hydrogen-bond donors (Lipinski definition) is 0. The molecule has 0 aliphatic carbocycles. The summed E-state index contributed by atoms with van der Waals surface area (Å²) in [5.74, 6) is 2.06. The zero-order valence-corrected chi connectivity index (χ0v) is 18.7. The molecule has 0 N–H and O–H groups in total. The molecule has 5 nitrogen and oxygen atoms in total. The monoisotopic (exact) mass is 441 g/mol. The summed E-state index contributed by atoms with van der Waals surface area (Å²) in [6, 6.07) is 26.7. The first-order chi connectivity index (χ1) is 16.7. The average Bonchev–Trinajstić information content (AvgIpc) is 3.41. The molecule has 0 aliphatic heterocycles. The van der Waals surface area contributed by atoms with Crippen LogP contribution < -0.4 is 0 Å². The summed E-state index contributed by atoms with van der Waals surface area (Å²) in [5.41, 5.74) is 6.59. The summed E-state index contributed by atoms with van der Waals surface area (Å²) in [6.45, 7) is 3.78. The van der Waals surface area contributed by atoms with Gasteiger partial charge in [0.05, 0.1) is 0 Å². The first kappa shape index (κ1) is 19.0. The second-order valence-corrected chi connectivity index (χ2v) is 8.52. The molecule has 34 heavy (non-hydrogen) atoms. The number of hydrogen-bond acceptors (Lipinski definition) is 5. The lowest BCUT2D eigenvalue weighted by Gasteiger charge is -2.06. The van der Waals surface area contributed by atoms with Gasteiger partial charge in [-0.25, -0.2) is 15.0 Å². The van der Waals surface area contributed by atoms with Crippen molar-refractivity contribution in [2.24, 2.45) is 0 Å². The van der Waals surface area contributed by atoms with Crippen molar-refractivity contribution in [3.05, 3.63) is 90.5 Å². The lowest BCUT2D eigenvalue weighted by Crippen LogP contribution is -1.98. The van der Waals surface area contributed by atoms with Crippen LogP contribution >= 0.6 is 0 Å². The zero-order valence-electron chi connectivity index (χ0n) is 18.7. The molecule has 0 fully saturated rings. The van der Waals surface area contributed by atoms with Gasteiger partial charge in [0.25, 0.3) is 0 Å². The van der Waals surface area contributed by atoms with Crippen LogP contribution in [0.2, 0.25) is 0 Å². The minimum absolute atomic E-state index is 0.659. The van der Waals surface area contributed by atoms with E-state index in [2.05, 4.69) is 39.2 Å². The fourth-order valence-electron chi connectivity index (χ4n) is 4.93. The van der Waals surface area contributed by atoms with Crippen LogP contribution in [0.15, 0.2) is 87.7 Å². The summed E-state index contributed by atoms with van der Waals surface area (Å²) >= 11 is 0. The molecular weight excluding hydrogens is 422 g/mol. The van der Waals surface area contributed by atoms with E-state index in [1.807, 2.05) is 68.4 Å². The predicted octanol–water partition coefficient (Wildman–Crippen LogP) is 7.62. The van der Waals surface area contributed by atoms with Crippen LogP contribution in [-0.2, 0) is 0 Å². The van der Waals surface area contributed by atoms with Gasteiger partial charge in [0, 0.05) is 27.1 Å². The largest absolute Gasteiger partial charge is 0.456 e. The Hall–Kier alpha value is -4.51. The molecule has 3 heterocycles. The fourth-order valence-corrected chi connectivity index (χ4v) is 4.93. The van der Waals surface area contributed by atoms with Crippen molar-refractivity contribution in [3.8, 4) is 22.5 Å². The summed E-state index contributed by atoms with van der Waals surface area (Å²) < 4.78 is 12.3. The molecule has 0 saturated carbocycles. The lowest BCUT2D eigenvalue weighted by atomic mass is 9.97. The number of aryl methyl sites for hydroxylation is 2. The molecule has 0 aliphatic rings. The zero-order chi connectivity index (χ0) is 22.8. The number of para-hydroxylation sites is 1. The van der Waals surface area contributed by atoms with Crippen LogP contribution in [0.4, 0.5) is 0 Å². The summed E-state index contributed by atoms with van der Waals surface area (Å²) in [7, 11) is 0. The van der Waals surface area contributed by atoms with Gasteiger partial charge in [0.2, 0.25) is 0 Å². The highest BCUT2D eigenvalue weighted by molar-refractivity contribution is 6.15. The molecule has 7 aromatic rings. The Bertz CT molecular complexity index is 1870. The molecule has 3 aromatic heterocycles. The van der Waals surface area contributed by atoms with E-state index in [4.69, 9.17) is 8.83 Å². The van der Waals surface area contributed by atoms with Crippen LogP contribution in [0.3, 0.4) is 0 Å². The third-order valence-electron chi connectivity index (χ3n) is 6.31. The molecule has 0 bridgehead atoms. The van der Waals surface area contributed by atoms with E-state index >= 15 is 0 Å². The van der Waals surface area contributed by atoms with E-state index in [1.165, 1.54) is 0 Å². The fraction of sp³-hybridized carbons (Fsp3) is 0.0690. The van der Waals surface area contributed by atoms with Gasteiger partial charge in [-0.05, 0) is 55.3 Å². The van der Waals surface area contributed by atoms with Crippen LogP contribution in [0.5, 0.6) is 0 Å². The highest BCUT2D eigenvalue weighted by Gasteiger charge is 2.17. The molecule has 4 aromatic carbocycles. The Morgan fingerprint density at radius 2 is 1.15 bits per heavy atom. The lowest BCUT2D eigenvalue weighted by molar-refractivity contribution is 0.669. The van der Waals surface area contributed by atoms with Crippen LogP contribution in [0.25, 0.3) is 66.4 Å². The van der Waals surface area contributed by atoms with Gasteiger partial charge >= 0.3 is 0 Å². The van der Waals surface area contributed by atoms with E-state index in [-0.39, 0.29) is 0 Å².